The van der Waals surface area contributed by atoms with Gasteiger partial charge in [0.1, 0.15) is 15.9 Å². The van der Waals surface area contributed by atoms with Crippen LogP contribution in [0.2, 0.25) is 0 Å². The number of sulfonamides is 1. The number of aromatic nitrogens is 3. The summed E-state index contributed by atoms with van der Waals surface area (Å²) in [6.45, 7) is 4.67. The van der Waals surface area contributed by atoms with Crippen LogP contribution in [0.4, 0.5) is 0 Å². The van der Waals surface area contributed by atoms with E-state index in [2.05, 4.69) is 13.7 Å². The number of H-pyrrole nitrogens is 1. The van der Waals surface area contributed by atoms with Crippen molar-refractivity contribution < 1.29 is 13.2 Å². The lowest BCUT2D eigenvalue weighted by atomic mass is 10.0. The van der Waals surface area contributed by atoms with Gasteiger partial charge in [0.2, 0.25) is 10.0 Å². The third-order valence-electron chi connectivity index (χ3n) is 6.03. The first kappa shape index (κ1) is 22.1. The molecule has 0 bridgehead atoms. The van der Waals surface area contributed by atoms with Crippen molar-refractivity contribution in [3.05, 3.63) is 63.4 Å². The van der Waals surface area contributed by atoms with Gasteiger partial charge in [-0.2, -0.15) is 13.1 Å². The van der Waals surface area contributed by atoms with Crippen molar-refractivity contribution in [2.45, 2.75) is 44.2 Å². The van der Waals surface area contributed by atoms with Crippen molar-refractivity contribution in [1.82, 2.24) is 18.0 Å². The molecular weight excluding hydrogens is 460 g/mol. The number of hydrogen-bond acceptors (Lipinski definition) is 7. The Balaban J connectivity index is 1.59. The molecule has 5 rings (SSSR count). The normalized spacial score (nSPS) is 16.9. The van der Waals surface area contributed by atoms with Crippen LogP contribution in [0.1, 0.15) is 29.5 Å². The fourth-order valence-corrected chi connectivity index (χ4v) is 6.62. The molecule has 0 unspecified atom stereocenters. The van der Waals surface area contributed by atoms with Crippen LogP contribution in [0.25, 0.3) is 21.9 Å². The maximum atomic E-state index is 13.8. The van der Waals surface area contributed by atoms with Gasteiger partial charge in [0.25, 0.3) is 5.56 Å². The van der Waals surface area contributed by atoms with Gasteiger partial charge in [-0.15, -0.1) is 0 Å². The van der Waals surface area contributed by atoms with Crippen LogP contribution in [0, 0.1) is 13.8 Å². The molecule has 33 heavy (non-hydrogen) atoms. The van der Waals surface area contributed by atoms with Crippen molar-refractivity contribution >= 4 is 43.7 Å². The van der Waals surface area contributed by atoms with Crippen LogP contribution < -0.4 is 5.56 Å². The van der Waals surface area contributed by atoms with Gasteiger partial charge in [0.15, 0.2) is 0 Å². The molecule has 4 aromatic rings. The van der Waals surface area contributed by atoms with E-state index in [0.29, 0.717) is 23.2 Å². The van der Waals surface area contributed by atoms with E-state index in [0.717, 1.165) is 46.6 Å². The molecule has 0 aliphatic carbocycles. The van der Waals surface area contributed by atoms with Crippen molar-refractivity contribution in [2.75, 3.05) is 13.2 Å². The molecule has 3 heterocycles. The number of rotatable bonds is 6. The number of nitrogens with zero attached hydrogens (tertiary/aromatic N) is 3. The molecule has 1 fully saturated rings. The Hall–Kier alpha value is -2.66. The summed E-state index contributed by atoms with van der Waals surface area (Å²) < 4.78 is 43.1. The minimum Gasteiger partial charge on any atom is -0.377 e. The number of benzene rings is 2. The second-order valence-electron chi connectivity index (χ2n) is 8.49. The van der Waals surface area contributed by atoms with Crippen LogP contribution in [0.15, 0.2) is 46.1 Å². The molecule has 1 aliphatic heterocycles. The van der Waals surface area contributed by atoms with Crippen molar-refractivity contribution in [1.29, 1.82) is 0 Å². The quantitative estimate of drug-likeness (QED) is 0.449. The minimum absolute atomic E-state index is 0.0608. The van der Waals surface area contributed by atoms with E-state index in [1.807, 2.05) is 26.0 Å². The van der Waals surface area contributed by atoms with E-state index in [1.165, 1.54) is 4.31 Å². The summed E-state index contributed by atoms with van der Waals surface area (Å²) >= 11 is 0.976. The molecule has 1 atom stereocenters. The fraction of sp³-hybridized carbons (Fsp3) is 0.348. The van der Waals surface area contributed by atoms with Gasteiger partial charge < -0.3 is 9.72 Å². The number of aryl methyl sites for hydroxylation is 2. The monoisotopic (exact) mass is 484 g/mol. The molecule has 0 amide bonds. The SMILES string of the molecule is Cc1cc(C)c2cc(CN(C[C@@H]3CCCO3)S(=O)(=O)c3cccc4nsnc34)c(=O)[nH]c2c1. The predicted molar refractivity (Wildman–Crippen MR) is 128 cm³/mol. The number of fused-ring (bicyclic) bond motifs is 2. The van der Waals surface area contributed by atoms with Gasteiger partial charge in [0.05, 0.1) is 17.8 Å². The zero-order valence-electron chi connectivity index (χ0n) is 18.4. The lowest BCUT2D eigenvalue weighted by molar-refractivity contribution is 0.0925. The third-order valence-corrected chi connectivity index (χ3v) is 8.42. The molecule has 172 valence electrons. The first-order valence-corrected chi connectivity index (χ1v) is 13.0. The van der Waals surface area contributed by atoms with Crippen LogP contribution in [0.5, 0.6) is 0 Å². The second kappa shape index (κ2) is 8.60. The van der Waals surface area contributed by atoms with Gasteiger partial charge >= 0.3 is 0 Å². The van der Waals surface area contributed by atoms with Crippen molar-refractivity contribution in [2.24, 2.45) is 0 Å². The first-order valence-electron chi connectivity index (χ1n) is 10.8. The summed E-state index contributed by atoms with van der Waals surface area (Å²) in [5, 5.41) is 0.899. The molecule has 0 saturated carbocycles. The molecule has 8 nitrogen and oxygen atoms in total. The van der Waals surface area contributed by atoms with E-state index in [4.69, 9.17) is 4.74 Å². The number of pyridine rings is 1. The molecule has 1 saturated heterocycles. The smallest absolute Gasteiger partial charge is 0.252 e. The van der Waals surface area contributed by atoms with Gasteiger partial charge in [0, 0.05) is 36.2 Å². The lowest BCUT2D eigenvalue weighted by Crippen LogP contribution is -2.38. The highest BCUT2D eigenvalue weighted by Gasteiger charge is 2.32. The Morgan fingerprint density at radius 3 is 2.85 bits per heavy atom. The van der Waals surface area contributed by atoms with Crippen LogP contribution >= 0.6 is 11.7 Å². The van der Waals surface area contributed by atoms with Crippen LogP contribution in [-0.2, 0) is 21.3 Å². The largest absolute Gasteiger partial charge is 0.377 e. The Bertz CT molecular complexity index is 1500. The van der Waals surface area contributed by atoms with Crippen molar-refractivity contribution in [3.8, 4) is 0 Å². The zero-order chi connectivity index (χ0) is 23.2. The van der Waals surface area contributed by atoms with Crippen LogP contribution in [-0.4, -0.2) is 45.7 Å². The standard InChI is InChI=1S/C23H24N4O4S2/c1-14-9-15(2)18-11-16(23(28)24-20(18)10-14)12-27(13-17-5-4-8-31-17)33(29,30)21-7-3-6-19-22(21)26-32-25-19/h3,6-7,9-11,17H,4-5,8,12-13H2,1-2H3,(H,24,28)/t17-/m0/s1. The number of ether oxygens (including phenoxy) is 1. The number of nitrogens with one attached hydrogen (secondary N) is 1. The van der Waals surface area contributed by atoms with Gasteiger partial charge in [-0.25, -0.2) is 8.42 Å². The molecule has 0 spiro atoms. The van der Waals surface area contributed by atoms with Crippen molar-refractivity contribution in [3.63, 3.8) is 0 Å². The first-order chi connectivity index (χ1) is 15.8. The molecule has 10 heteroatoms. The molecule has 1 aliphatic rings. The summed E-state index contributed by atoms with van der Waals surface area (Å²) in [6.07, 6.45) is 1.46. The predicted octanol–water partition coefficient (Wildman–Crippen LogP) is 3.52. The maximum Gasteiger partial charge on any atom is 0.252 e. The number of hydrogen-bond donors (Lipinski definition) is 1. The summed E-state index contributed by atoms with van der Waals surface area (Å²) in [6, 6.07) is 10.7. The van der Waals surface area contributed by atoms with E-state index < -0.39 is 10.0 Å². The maximum absolute atomic E-state index is 13.8. The number of aromatic amines is 1. The molecule has 1 N–H and O–H groups in total. The summed E-state index contributed by atoms with van der Waals surface area (Å²) in [4.78, 5) is 16.0. The Morgan fingerprint density at radius 1 is 1.21 bits per heavy atom. The van der Waals surface area contributed by atoms with E-state index in [-0.39, 0.29) is 29.6 Å². The Kier molecular flexibility index (Phi) is 5.77. The topological polar surface area (TPSA) is 105 Å². The third kappa shape index (κ3) is 4.19. The lowest BCUT2D eigenvalue weighted by Gasteiger charge is -2.25. The second-order valence-corrected chi connectivity index (χ2v) is 10.9. The molecule has 2 aromatic heterocycles. The average Bonchev–Trinajstić information content (AvgIpc) is 3.45. The Labute approximate surface area is 195 Å². The van der Waals surface area contributed by atoms with Crippen LogP contribution in [0.3, 0.4) is 0 Å². The van der Waals surface area contributed by atoms with Gasteiger partial charge in [-0.1, -0.05) is 12.1 Å². The van der Waals surface area contributed by atoms with E-state index >= 15 is 0 Å². The fourth-order valence-electron chi connectivity index (χ4n) is 4.42. The zero-order valence-corrected chi connectivity index (χ0v) is 20.0. The van der Waals surface area contributed by atoms with Gasteiger partial charge in [-0.05, 0) is 62.1 Å². The summed E-state index contributed by atoms with van der Waals surface area (Å²) in [5.74, 6) is 0. The minimum atomic E-state index is -3.97. The molecule has 0 radical (unpaired) electrons. The highest BCUT2D eigenvalue weighted by molar-refractivity contribution is 7.89. The highest BCUT2D eigenvalue weighted by Crippen LogP contribution is 2.27. The summed E-state index contributed by atoms with van der Waals surface area (Å²) in [5.41, 5.74) is 3.79. The summed E-state index contributed by atoms with van der Waals surface area (Å²) in [7, 11) is -3.97. The van der Waals surface area contributed by atoms with E-state index in [9.17, 15) is 13.2 Å². The molecule has 2 aromatic carbocycles. The Morgan fingerprint density at radius 2 is 2.06 bits per heavy atom. The molecular formula is C23H24N4O4S2. The highest BCUT2D eigenvalue weighted by atomic mass is 32.2. The average molecular weight is 485 g/mol. The van der Waals surface area contributed by atoms with E-state index in [1.54, 1.807) is 24.3 Å². The van der Waals surface area contributed by atoms with Gasteiger partial charge in [-0.3, -0.25) is 4.79 Å².